The second-order valence-electron chi connectivity index (χ2n) is 10.4. The molecule has 1 heterocycles. The number of rotatable bonds is 3. The van der Waals surface area contributed by atoms with Gasteiger partial charge in [-0.05, 0) is 51.9 Å². The highest BCUT2D eigenvalue weighted by molar-refractivity contribution is 5.68. The van der Waals surface area contributed by atoms with Crippen LogP contribution >= 0.6 is 0 Å². The van der Waals surface area contributed by atoms with Gasteiger partial charge in [-0.25, -0.2) is 13.6 Å². The molecule has 0 bridgehead atoms. The van der Waals surface area contributed by atoms with Crippen LogP contribution in [0.15, 0.2) is 0 Å². The lowest BCUT2D eigenvalue weighted by Crippen LogP contribution is -2.63. The number of piperidine rings is 1. The van der Waals surface area contributed by atoms with E-state index in [1.807, 2.05) is 27.8 Å². The van der Waals surface area contributed by atoms with Crippen molar-refractivity contribution in [3.8, 4) is 0 Å². The van der Waals surface area contributed by atoms with E-state index in [0.717, 1.165) is 32.2 Å². The van der Waals surface area contributed by atoms with Crippen LogP contribution in [0.25, 0.3) is 0 Å². The normalized spacial score (nSPS) is 34.2. The number of halogens is 2. The summed E-state index contributed by atoms with van der Waals surface area (Å²) < 4.78 is 34.1. The van der Waals surface area contributed by atoms with Gasteiger partial charge in [-0.2, -0.15) is 0 Å². The average molecular weight is 416 g/mol. The lowest BCUT2D eigenvalue weighted by atomic mass is 9.78. The smallest absolute Gasteiger partial charge is 0.410 e. The van der Waals surface area contributed by atoms with E-state index in [9.17, 15) is 13.6 Å². The highest BCUT2D eigenvalue weighted by Gasteiger charge is 2.49. The summed E-state index contributed by atoms with van der Waals surface area (Å²) in [6.45, 7) is 7.08. The Morgan fingerprint density at radius 1 is 1.14 bits per heavy atom. The molecule has 168 valence electrons. The van der Waals surface area contributed by atoms with E-state index in [1.54, 1.807) is 4.90 Å². The molecule has 1 aliphatic heterocycles. The average Bonchev–Trinajstić information content (AvgIpc) is 3.16. The number of hydrogen-bond donors (Lipinski definition) is 1. The maximum absolute atomic E-state index is 14.2. The van der Waals surface area contributed by atoms with Crippen molar-refractivity contribution in [2.24, 2.45) is 17.6 Å². The fourth-order valence-corrected chi connectivity index (χ4v) is 5.68. The van der Waals surface area contributed by atoms with Crippen LogP contribution in [-0.2, 0) is 4.74 Å². The molecule has 1 amide bonds. The SMILES string of the molecule is CN(C(=O)OC(C)(C)C)C1CCN([C@H]2CCCC(F)(F)[C@@H]2N)CC1C1CCCC1. The third-order valence-electron chi connectivity index (χ3n) is 7.22. The van der Waals surface area contributed by atoms with E-state index in [-0.39, 0.29) is 30.5 Å². The highest BCUT2D eigenvalue weighted by atomic mass is 19.3. The third kappa shape index (κ3) is 5.22. The second-order valence-corrected chi connectivity index (χ2v) is 10.4. The van der Waals surface area contributed by atoms with Crippen molar-refractivity contribution in [1.82, 2.24) is 9.80 Å². The predicted molar refractivity (Wildman–Crippen MR) is 110 cm³/mol. The molecule has 0 spiro atoms. The first-order valence-electron chi connectivity index (χ1n) is 11.3. The molecular formula is C22H39F2N3O2. The first kappa shape index (κ1) is 22.7. The number of nitrogens with zero attached hydrogens (tertiary/aromatic N) is 2. The summed E-state index contributed by atoms with van der Waals surface area (Å²) in [6, 6.07) is -1.28. The molecule has 0 aromatic rings. The molecule has 1 saturated heterocycles. The quantitative estimate of drug-likeness (QED) is 0.749. The standard InChI is InChI=1S/C22H39F2N3O2/c1-21(2,3)29-20(28)26(4)17-11-13-27(14-16(17)15-8-5-6-9-15)18-10-7-12-22(23,24)19(18)25/h15-19H,5-14,25H2,1-4H3/t16?,17?,18-,19+/m0/s1. The minimum Gasteiger partial charge on any atom is -0.444 e. The molecule has 3 aliphatic rings. The van der Waals surface area contributed by atoms with Crippen molar-refractivity contribution in [1.29, 1.82) is 0 Å². The van der Waals surface area contributed by atoms with Crippen LogP contribution in [0.2, 0.25) is 0 Å². The van der Waals surface area contributed by atoms with Crippen LogP contribution in [0.4, 0.5) is 13.6 Å². The minimum absolute atomic E-state index is 0.0875. The van der Waals surface area contributed by atoms with Crippen LogP contribution in [0.1, 0.15) is 72.1 Å². The van der Waals surface area contributed by atoms with Crippen LogP contribution in [0.3, 0.4) is 0 Å². The Kier molecular flexibility index (Phi) is 6.78. The van der Waals surface area contributed by atoms with Gasteiger partial charge in [-0.3, -0.25) is 4.90 Å². The zero-order valence-electron chi connectivity index (χ0n) is 18.5. The van der Waals surface area contributed by atoms with Gasteiger partial charge in [0, 0.05) is 38.6 Å². The Labute approximate surface area is 174 Å². The topological polar surface area (TPSA) is 58.8 Å². The van der Waals surface area contributed by atoms with E-state index in [2.05, 4.69) is 4.90 Å². The molecule has 3 rings (SSSR count). The number of hydrogen-bond acceptors (Lipinski definition) is 4. The minimum atomic E-state index is -2.78. The largest absolute Gasteiger partial charge is 0.444 e. The Morgan fingerprint density at radius 3 is 2.41 bits per heavy atom. The molecule has 5 nitrogen and oxygen atoms in total. The number of alkyl halides is 2. The molecule has 2 N–H and O–H groups in total. The van der Waals surface area contributed by atoms with Crippen LogP contribution < -0.4 is 5.73 Å². The van der Waals surface area contributed by atoms with Gasteiger partial charge in [0.2, 0.25) is 0 Å². The molecule has 4 atom stereocenters. The first-order valence-corrected chi connectivity index (χ1v) is 11.3. The monoisotopic (exact) mass is 415 g/mol. The second kappa shape index (κ2) is 8.66. The lowest BCUT2D eigenvalue weighted by Gasteiger charge is -2.50. The molecule has 3 fully saturated rings. The van der Waals surface area contributed by atoms with Crippen molar-refractivity contribution in [2.75, 3.05) is 20.1 Å². The lowest BCUT2D eigenvalue weighted by molar-refractivity contribution is -0.0936. The number of carbonyl (C=O) groups excluding carboxylic acids is 1. The summed E-state index contributed by atoms with van der Waals surface area (Å²) in [4.78, 5) is 16.7. The number of amides is 1. The summed E-state index contributed by atoms with van der Waals surface area (Å²) >= 11 is 0. The van der Waals surface area contributed by atoms with Gasteiger partial charge >= 0.3 is 6.09 Å². The zero-order valence-corrected chi connectivity index (χ0v) is 18.5. The summed E-state index contributed by atoms with van der Waals surface area (Å²) in [5.41, 5.74) is 5.49. The van der Waals surface area contributed by atoms with Crippen LogP contribution in [0.5, 0.6) is 0 Å². The molecule has 0 radical (unpaired) electrons. The van der Waals surface area contributed by atoms with Crippen molar-refractivity contribution < 1.29 is 18.3 Å². The Bertz CT molecular complexity index is 575. The highest BCUT2D eigenvalue weighted by Crippen LogP contribution is 2.41. The fraction of sp³-hybridized carbons (Fsp3) is 0.955. The predicted octanol–water partition coefficient (Wildman–Crippen LogP) is 4.25. The van der Waals surface area contributed by atoms with E-state index in [0.29, 0.717) is 18.9 Å². The number of nitrogens with two attached hydrogens (primary N) is 1. The molecule has 0 aromatic carbocycles. The molecule has 2 aliphatic carbocycles. The van der Waals surface area contributed by atoms with E-state index in [1.165, 1.54) is 12.8 Å². The zero-order chi connectivity index (χ0) is 21.4. The third-order valence-corrected chi connectivity index (χ3v) is 7.22. The maximum Gasteiger partial charge on any atom is 0.410 e. The summed E-state index contributed by atoms with van der Waals surface area (Å²) in [5.74, 6) is -1.96. The van der Waals surface area contributed by atoms with Crippen molar-refractivity contribution in [2.45, 2.75) is 102 Å². The van der Waals surface area contributed by atoms with Gasteiger partial charge in [0.05, 0.1) is 6.04 Å². The summed E-state index contributed by atoms with van der Waals surface area (Å²) in [6.07, 6.45) is 6.39. The summed E-state index contributed by atoms with van der Waals surface area (Å²) in [5, 5.41) is 0. The van der Waals surface area contributed by atoms with Gasteiger partial charge in [-0.1, -0.05) is 25.7 Å². The van der Waals surface area contributed by atoms with E-state index >= 15 is 0 Å². The fourth-order valence-electron chi connectivity index (χ4n) is 5.68. The van der Waals surface area contributed by atoms with E-state index in [4.69, 9.17) is 10.5 Å². The number of ether oxygens (including phenoxy) is 1. The van der Waals surface area contributed by atoms with Gasteiger partial charge in [0.15, 0.2) is 0 Å². The molecule has 7 heteroatoms. The molecule has 0 aromatic heterocycles. The Hall–Kier alpha value is -0.950. The Morgan fingerprint density at radius 2 is 1.79 bits per heavy atom. The Balaban J connectivity index is 1.74. The van der Waals surface area contributed by atoms with Crippen molar-refractivity contribution >= 4 is 6.09 Å². The van der Waals surface area contributed by atoms with Crippen molar-refractivity contribution in [3.05, 3.63) is 0 Å². The molecule has 2 saturated carbocycles. The van der Waals surface area contributed by atoms with Gasteiger partial charge in [-0.15, -0.1) is 0 Å². The van der Waals surface area contributed by atoms with Gasteiger partial charge < -0.3 is 15.4 Å². The van der Waals surface area contributed by atoms with Gasteiger partial charge in [0.1, 0.15) is 5.60 Å². The first-order chi connectivity index (χ1) is 13.5. The van der Waals surface area contributed by atoms with Crippen LogP contribution in [0, 0.1) is 11.8 Å². The number of carbonyl (C=O) groups is 1. The van der Waals surface area contributed by atoms with E-state index < -0.39 is 17.6 Å². The van der Waals surface area contributed by atoms with Crippen LogP contribution in [-0.4, -0.2) is 65.7 Å². The molecule has 29 heavy (non-hydrogen) atoms. The number of likely N-dealkylation sites (tertiary alicyclic amines) is 1. The maximum atomic E-state index is 14.2. The molecular weight excluding hydrogens is 376 g/mol. The van der Waals surface area contributed by atoms with Gasteiger partial charge in [0.25, 0.3) is 5.92 Å². The molecule has 2 unspecified atom stereocenters. The van der Waals surface area contributed by atoms with Crippen molar-refractivity contribution in [3.63, 3.8) is 0 Å². The summed E-state index contributed by atoms with van der Waals surface area (Å²) in [7, 11) is 1.83.